The number of H-pyrrole nitrogens is 1. The average molecular weight is 422 g/mol. The van der Waals surface area contributed by atoms with Gasteiger partial charge in [0, 0.05) is 28.0 Å². The first-order valence-corrected chi connectivity index (χ1v) is 8.66. The number of halogens is 2. The predicted molar refractivity (Wildman–Crippen MR) is 100 cm³/mol. The van der Waals surface area contributed by atoms with Gasteiger partial charge in [0.1, 0.15) is 6.04 Å². The Morgan fingerprint density at radius 1 is 1.24 bits per heavy atom. The van der Waals surface area contributed by atoms with Crippen LogP contribution in [0.4, 0.5) is 0 Å². The molecule has 0 saturated heterocycles. The summed E-state index contributed by atoms with van der Waals surface area (Å²) in [5.74, 6) is -1.64. The molecular weight excluding hydrogens is 408 g/mol. The summed E-state index contributed by atoms with van der Waals surface area (Å²) >= 11 is 9.32. The summed E-state index contributed by atoms with van der Waals surface area (Å²) in [7, 11) is 0. The zero-order valence-corrected chi connectivity index (χ0v) is 15.3. The molecule has 7 heteroatoms. The summed E-state index contributed by atoms with van der Waals surface area (Å²) in [5, 5.41) is 13.2. The van der Waals surface area contributed by atoms with Crippen molar-refractivity contribution in [3.8, 4) is 0 Å². The van der Waals surface area contributed by atoms with Crippen LogP contribution in [-0.2, 0) is 11.2 Å². The van der Waals surface area contributed by atoms with E-state index in [9.17, 15) is 14.7 Å². The third kappa shape index (κ3) is 3.86. The van der Waals surface area contributed by atoms with Crippen molar-refractivity contribution in [3.05, 3.63) is 69.3 Å². The van der Waals surface area contributed by atoms with Crippen LogP contribution in [0.25, 0.3) is 10.9 Å². The molecule has 0 spiro atoms. The normalized spacial score (nSPS) is 12.1. The van der Waals surface area contributed by atoms with Crippen molar-refractivity contribution in [3.63, 3.8) is 0 Å². The van der Waals surface area contributed by atoms with Crippen molar-refractivity contribution in [2.75, 3.05) is 0 Å². The van der Waals surface area contributed by atoms with Gasteiger partial charge < -0.3 is 15.4 Å². The molecule has 3 N–H and O–H groups in total. The number of hydrogen-bond donors (Lipinski definition) is 3. The SMILES string of the molecule is O=C(N[C@@H](Cc1c[nH]c2ccccc12)C(=O)O)c1cc(Br)ccc1Cl. The van der Waals surface area contributed by atoms with Crippen LogP contribution in [0.3, 0.4) is 0 Å². The minimum Gasteiger partial charge on any atom is -0.480 e. The summed E-state index contributed by atoms with van der Waals surface area (Å²) in [4.78, 5) is 27.2. The fraction of sp³-hybridized carbons (Fsp3) is 0.111. The summed E-state index contributed by atoms with van der Waals surface area (Å²) in [6.45, 7) is 0. The van der Waals surface area contributed by atoms with Crippen molar-refractivity contribution in [2.45, 2.75) is 12.5 Å². The van der Waals surface area contributed by atoms with E-state index in [0.717, 1.165) is 16.5 Å². The fourth-order valence-corrected chi connectivity index (χ4v) is 3.19. The Kier molecular flexibility index (Phi) is 5.11. The number of fused-ring (bicyclic) bond motifs is 1. The first-order chi connectivity index (χ1) is 12.0. The number of para-hydroxylation sites is 1. The van der Waals surface area contributed by atoms with E-state index >= 15 is 0 Å². The molecule has 25 heavy (non-hydrogen) atoms. The Hall–Kier alpha value is -2.31. The van der Waals surface area contributed by atoms with Crippen molar-refractivity contribution >= 4 is 50.3 Å². The van der Waals surface area contributed by atoms with Crippen LogP contribution in [0.5, 0.6) is 0 Å². The number of aromatic amines is 1. The lowest BCUT2D eigenvalue weighted by Crippen LogP contribution is -2.42. The number of benzene rings is 2. The molecule has 1 amide bonds. The van der Waals surface area contributed by atoms with E-state index in [1.807, 2.05) is 24.3 Å². The van der Waals surface area contributed by atoms with Gasteiger partial charge in [-0.1, -0.05) is 45.7 Å². The molecule has 0 aliphatic heterocycles. The lowest BCUT2D eigenvalue weighted by Gasteiger charge is -2.15. The van der Waals surface area contributed by atoms with Crippen molar-refractivity contribution in [1.82, 2.24) is 10.3 Å². The molecule has 0 fully saturated rings. The smallest absolute Gasteiger partial charge is 0.326 e. The molecule has 1 atom stereocenters. The minimum absolute atomic E-state index is 0.163. The maximum Gasteiger partial charge on any atom is 0.326 e. The molecule has 0 aliphatic carbocycles. The zero-order valence-electron chi connectivity index (χ0n) is 12.9. The van der Waals surface area contributed by atoms with Gasteiger partial charge in [-0.25, -0.2) is 4.79 Å². The molecule has 2 aromatic carbocycles. The summed E-state index contributed by atoms with van der Waals surface area (Å²) in [6.07, 6.45) is 1.93. The quantitative estimate of drug-likeness (QED) is 0.582. The monoisotopic (exact) mass is 420 g/mol. The fourth-order valence-electron chi connectivity index (χ4n) is 2.63. The van der Waals surface area contributed by atoms with E-state index in [1.165, 1.54) is 0 Å². The number of aromatic nitrogens is 1. The highest BCUT2D eigenvalue weighted by molar-refractivity contribution is 9.10. The van der Waals surface area contributed by atoms with Gasteiger partial charge in [-0.2, -0.15) is 0 Å². The largest absolute Gasteiger partial charge is 0.480 e. The standard InChI is InChI=1S/C18H14BrClN2O3/c19-11-5-6-14(20)13(8-11)17(23)22-16(18(24)25)7-10-9-21-15-4-2-1-3-12(10)15/h1-6,8-9,16,21H,7H2,(H,22,23)(H,24,25)/t16-/m0/s1. The van der Waals surface area contributed by atoms with E-state index < -0.39 is 17.9 Å². The minimum atomic E-state index is -1.11. The highest BCUT2D eigenvalue weighted by Gasteiger charge is 2.23. The van der Waals surface area contributed by atoms with Gasteiger partial charge in [-0.3, -0.25) is 4.79 Å². The van der Waals surface area contributed by atoms with E-state index in [0.29, 0.717) is 4.47 Å². The highest BCUT2D eigenvalue weighted by Crippen LogP contribution is 2.22. The first-order valence-electron chi connectivity index (χ1n) is 7.49. The highest BCUT2D eigenvalue weighted by atomic mass is 79.9. The third-order valence-corrected chi connectivity index (χ3v) is 4.70. The van der Waals surface area contributed by atoms with Gasteiger partial charge in [0.2, 0.25) is 0 Å². The van der Waals surface area contributed by atoms with Crippen LogP contribution in [0.2, 0.25) is 5.02 Å². The maximum absolute atomic E-state index is 12.4. The number of nitrogens with one attached hydrogen (secondary N) is 2. The number of carbonyl (C=O) groups is 2. The molecule has 1 aromatic heterocycles. The summed E-state index contributed by atoms with van der Waals surface area (Å²) in [5.41, 5.74) is 1.97. The molecule has 3 aromatic rings. The van der Waals surface area contributed by atoms with Gasteiger partial charge in [0.15, 0.2) is 0 Å². The van der Waals surface area contributed by atoms with Crippen LogP contribution in [0.15, 0.2) is 53.1 Å². The number of carbonyl (C=O) groups excluding carboxylic acids is 1. The Labute approximate surface area is 157 Å². The van der Waals surface area contributed by atoms with Gasteiger partial charge in [0.25, 0.3) is 5.91 Å². The van der Waals surface area contributed by atoms with Gasteiger partial charge >= 0.3 is 5.97 Å². The molecular formula is C18H14BrClN2O3. The van der Waals surface area contributed by atoms with Crippen LogP contribution < -0.4 is 5.32 Å². The van der Waals surface area contributed by atoms with Crippen molar-refractivity contribution < 1.29 is 14.7 Å². The topological polar surface area (TPSA) is 82.2 Å². The number of carboxylic acid groups (broad SMARTS) is 1. The number of hydrogen-bond acceptors (Lipinski definition) is 2. The molecule has 0 radical (unpaired) electrons. The summed E-state index contributed by atoms with van der Waals surface area (Å²) < 4.78 is 0.686. The van der Waals surface area contributed by atoms with Crippen molar-refractivity contribution in [2.24, 2.45) is 0 Å². The third-order valence-electron chi connectivity index (χ3n) is 3.88. The lowest BCUT2D eigenvalue weighted by molar-refractivity contribution is -0.139. The lowest BCUT2D eigenvalue weighted by atomic mass is 10.0. The zero-order chi connectivity index (χ0) is 18.0. The molecule has 128 valence electrons. The van der Waals surface area contributed by atoms with E-state index in [2.05, 4.69) is 26.2 Å². The number of rotatable bonds is 5. The molecule has 0 saturated carbocycles. The number of amides is 1. The Balaban J connectivity index is 1.83. The maximum atomic E-state index is 12.4. The molecule has 5 nitrogen and oxygen atoms in total. The Morgan fingerprint density at radius 3 is 2.76 bits per heavy atom. The van der Waals surface area contributed by atoms with Gasteiger partial charge in [-0.05, 0) is 29.8 Å². The predicted octanol–water partition coefficient (Wildman–Crippen LogP) is 4.01. The number of aliphatic carboxylic acids is 1. The molecule has 0 unspecified atom stereocenters. The second kappa shape index (κ2) is 7.29. The first kappa shape index (κ1) is 17.5. The van der Waals surface area contributed by atoms with Gasteiger partial charge in [-0.15, -0.1) is 0 Å². The van der Waals surface area contributed by atoms with Crippen molar-refractivity contribution in [1.29, 1.82) is 0 Å². The van der Waals surface area contributed by atoms with Crippen LogP contribution in [0, 0.1) is 0 Å². The Morgan fingerprint density at radius 2 is 2.00 bits per heavy atom. The second-order valence-electron chi connectivity index (χ2n) is 5.55. The Bertz CT molecular complexity index is 954. The molecule has 0 bridgehead atoms. The summed E-state index contributed by atoms with van der Waals surface area (Å²) in [6, 6.07) is 11.4. The molecule has 3 rings (SSSR count). The number of carboxylic acids is 1. The van der Waals surface area contributed by atoms with Crippen LogP contribution in [0.1, 0.15) is 15.9 Å². The van der Waals surface area contributed by atoms with Crippen LogP contribution in [-0.4, -0.2) is 28.0 Å². The van der Waals surface area contributed by atoms with Crippen LogP contribution >= 0.6 is 27.5 Å². The van der Waals surface area contributed by atoms with E-state index in [1.54, 1.807) is 24.4 Å². The molecule has 0 aliphatic rings. The molecule has 1 heterocycles. The average Bonchev–Trinajstić information content (AvgIpc) is 2.99. The van der Waals surface area contributed by atoms with E-state index in [4.69, 9.17) is 11.6 Å². The second-order valence-corrected chi connectivity index (χ2v) is 6.87. The van der Waals surface area contributed by atoms with E-state index in [-0.39, 0.29) is 17.0 Å². The van der Waals surface area contributed by atoms with Gasteiger partial charge in [0.05, 0.1) is 10.6 Å².